The molecule has 0 unspecified atom stereocenters. The molecular weight excluding hydrogens is 332 g/mol. The van der Waals surface area contributed by atoms with E-state index in [0.29, 0.717) is 13.1 Å². The fraction of sp³-hybridized carbons (Fsp3) is 0.304. The van der Waals surface area contributed by atoms with E-state index in [9.17, 15) is 0 Å². The fourth-order valence-electron chi connectivity index (χ4n) is 4.11. The Hall–Kier alpha value is -2.24. The van der Waals surface area contributed by atoms with Gasteiger partial charge in [-0.25, -0.2) is 0 Å². The molecule has 0 bridgehead atoms. The van der Waals surface area contributed by atoms with E-state index in [2.05, 4.69) is 64.8 Å². The van der Waals surface area contributed by atoms with Crippen molar-refractivity contribution >= 4 is 32.3 Å². The van der Waals surface area contributed by atoms with E-state index in [1.165, 1.54) is 37.9 Å². The summed E-state index contributed by atoms with van der Waals surface area (Å²) in [6.45, 7) is 5.93. The van der Waals surface area contributed by atoms with E-state index in [4.69, 9.17) is 11.5 Å². The maximum atomic E-state index is 5.69. The van der Waals surface area contributed by atoms with Crippen molar-refractivity contribution in [3.05, 3.63) is 60.2 Å². The Balaban J connectivity index is 1.56. The highest BCUT2D eigenvalue weighted by atomic mass is 15.1. The van der Waals surface area contributed by atoms with Gasteiger partial charge in [0.2, 0.25) is 0 Å². The fourth-order valence-corrected chi connectivity index (χ4v) is 4.11. The Kier molecular flexibility index (Phi) is 5.50. The van der Waals surface area contributed by atoms with Crippen molar-refractivity contribution in [1.82, 2.24) is 10.2 Å². The molecule has 140 valence electrons. The van der Waals surface area contributed by atoms with Crippen LogP contribution in [0.3, 0.4) is 0 Å². The van der Waals surface area contributed by atoms with Gasteiger partial charge in [-0.05, 0) is 37.9 Å². The van der Waals surface area contributed by atoms with Crippen LogP contribution in [0.2, 0.25) is 0 Å². The molecule has 4 nitrogen and oxygen atoms in total. The van der Waals surface area contributed by atoms with Crippen LogP contribution in [-0.4, -0.2) is 44.2 Å². The highest BCUT2D eigenvalue weighted by Gasteiger charge is 2.10. The summed E-state index contributed by atoms with van der Waals surface area (Å²) in [5, 5.41) is 11.7. The van der Waals surface area contributed by atoms with Crippen molar-refractivity contribution in [2.75, 3.05) is 39.3 Å². The summed E-state index contributed by atoms with van der Waals surface area (Å²) in [4.78, 5) is 2.32. The summed E-state index contributed by atoms with van der Waals surface area (Å²) >= 11 is 0. The van der Waals surface area contributed by atoms with Crippen LogP contribution < -0.4 is 16.8 Å². The first-order chi connectivity index (χ1) is 13.3. The van der Waals surface area contributed by atoms with E-state index in [1.807, 2.05) is 0 Å². The summed E-state index contributed by atoms with van der Waals surface area (Å²) < 4.78 is 0. The van der Waals surface area contributed by atoms with Gasteiger partial charge in [0.15, 0.2) is 0 Å². The van der Waals surface area contributed by atoms with E-state index in [-0.39, 0.29) is 0 Å². The number of rotatable bonds is 9. The molecule has 0 atom stereocenters. The van der Waals surface area contributed by atoms with E-state index in [0.717, 1.165) is 32.7 Å². The lowest BCUT2D eigenvalue weighted by Crippen LogP contribution is -2.38. The molecule has 0 spiro atoms. The SMILES string of the molecule is NCCN(CCN)CCNCc1ccc2ccc3cccc4ccc1c2c34. The minimum atomic E-state index is 0.676. The topological polar surface area (TPSA) is 67.3 Å². The quantitative estimate of drug-likeness (QED) is 0.317. The molecule has 0 aromatic heterocycles. The molecule has 0 radical (unpaired) electrons. The van der Waals surface area contributed by atoms with E-state index < -0.39 is 0 Å². The van der Waals surface area contributed by atoms with Gasteiger partial charge in [0.05, 0.1) is 0 Å². The van der Waals surface area contributed by atoms with Crippen LogP contribution in [0, 0.1) is 0 Å². The Bertz CT molecular complexity index is 1010. The van der Waals surface area contributed by atoms with Crippen LogP contribution in [0.1, 0.15) is 5.56 Å². The van der Waals surface area contributed by atoms with Gasteiger partial charge in [-0.15, -0.1) is 0 Å². The number of nitrogens with two attached hydrogens (primary N) is 2. The molecule has 4 rings (SSSR count). The number of hydrogen-bond donors (Lipinski definition) is 3. The summed E-state index contributed by atoms with van der Waals surface area (Å²) in [5.74, 6) is 0. The van der Waals surface area contributed by atoms with Crippen molar-refractivity contribution in [3.63, 3.8) is 0 Å². The second kappa shape index (κ2) is 8.19. The molecule has 4 aromatic rings. The lowest BCUT2D eigenvalue weighted by atomic mass is 9.92. The molecule has 0 aliphatic heterocycles. The van der Waals surface area contributed by atoms with Gasteiger partial charge < -0.3 is 16.8 Å². The number of hydrogen-bond acceptors (Lipinski definition) is 4. The number of benzene rings is 4. The molecular formula is C23H28N4. The van der Waals surface area contributed by atoms with Crippen molar-refractivity contribution in [3.8, 4) is 0 Å². The lowest BCUT2D eigenvalue weighted by Gasteiger charge is -2.21. The van der Waals surface area contributed by atoms with Gasteiger partial charge in [-0.1, -0.05) is 54.6 Å². The van der Waals surface area contributed by atoms with Crippen molar-refractivity contribution < 1.29 is 0 Å². The monoisotopic (exact) mass is 360 g/mol. The molecule has 4 heteroatoms. The molecule has 5 N–H and O–H groups in total. The van der Waals surface area contributed by atoms with E-state index >= 15 is 0 Å². The predicted molar refractivity (Wildman–Crippen MR) is 116 cm³/mol. The third-order valence-corrected chi connectivity index (χ3v) is 5.43. The molecule has 0 aliphatic carbocycles. The number of nitrogens with zero attached hydrogens (tertiary/aromatic N) is 1. The normalized spacial score (nSPS) is 12.1. The van der Waals surface area contributed by atoms with E-state index in [1.54, 1.807) is 0 Å². The Labute approximate surface area is 160 Å². The van der Waals surface area contributed by atoms with Crippen LogP contribution in [0.25, 0.3) is 32.3 Å². The van der Waals surface area contributed by atoms with Gasteiger partial charge in [0.25, 0.3) is 0 Å². The van der Waals surface area contributed by atoms with Gasteiger partial charge in [-0.2, -0.15) is 0 Å². The molecule has 0 amide bonds. The standard InChI is InChI=1S/C23H28N4/c24-10-13-27(14-11-25)15-12-26-16-20-7-6-19-5-4-17-2-1-3-18-8-9-21(20)23(19)22(17)18/h1-9,26H,10-16,24-25H2. The zero-order chi connectivity index (χ0) is 18.6. The molecule has 0 saturated heterocycles. The molecule has 4 aromatic carbocycles. The molecule has 27 heavy (non-hydrogen) atoms. The Morgan fingerprint density at radius 1 is 0.704 bits per heavy atom. The minimum Gasteiger partial charge on any atom is -0.329 e. The van der Waals surface area contributed by atoms with Gasteiger partial charge in [-0.3, -0.25) is 4.90 Å². The number of nitrogens with one attached hydrogen (secondary N) is 1. The third kappa shape index (κ3) is 3.62. The first kappa shape index (κ1) is 18.1. The second-order valence-electron chi connectivity index (χ2n) is 7.18. The van der Waals surface area contributed by atoms with Gasteiger partial charge in [0.1, 0.15) is 0 Å². The van der Waals surface area contributed by atoms with Crippen LogP contribution in [0.4, 0.5) is 0 Å². The molecule has 0 heterocycles. The first-order valence-electron chi connectivity index (χ1n) is 9.80. The Morgan fingerprint density at radius 3 is 2.04 bits per heavy atom. The van der Waals surface area contributed by atoms with Crippen molar-refractivity contribution in [1.29, 1.82) is 0 Å². The van der Waals surface area contributed by atoms with Crippen LogP contribution in [0.15, 0.2) is 54.6 Å². The maximum absolute atomic E-state index is 5.69. The lowest BCUT2D eigenvalue weighted by molar-refractivity contribution is 0.288. The highest BCUT2D eigenvalue weighted by molar-refractivity contribution is 6.23. The summed E-state index contributed by atoms with van der Waals surface area (Å²) in [5.41, 5.74) is 12.7. The predicted octanol–water partition coefficient (Wildman–Crippen LogP) is 2.89. The van der Waals surface area contributed by atoms with Gasteiger partial charge in [0, 0.05) is 45.8 Å². The molecule has 0 saturated carbocycles. The van der Waals surface area contributed by atoms with Crippen LogP contribution in [-0.2, 0) is 6.54 Å². The Morgan fingerprint density at radius 2 is 1.33 bits per heavy atom. The zero-order valence-electron chi connectivity index (χ0n) is 15.7. The second-order valence-corrected chi connectivity index (χ2v) is 7.18. The van der Waals surface area contributed by atoms with Crippen molar-refractivity contribution in [2.24, 2.45) is 11.5 Å². The maximum Gasteiger partial charge on any atom is 0.0212 e. The van der Waals surface area contributed by atoms with Crippen LogP contribution in [0.5, 0.6) is 0 Å². The average Bonchev–Trinajstić information content (AvgIpc) is 2.70. The average molecular weight is 361 g/mol. The van der Waals surface area contributed by atoms with Crippen LogP contribution >= 0.6 is 0 Å². The van der Waals surface area contributed by atoms with Crippen molar-refractivity contribution in [2.45, 2.75) is 6.54 Å². The summed E-state index contributed by atoms with van der Waals surface area (Å²) in [7, 11) is 0. The summed E-state index contributed by atoms with van der Waals surface area (Å²) in [6.07, 6.45) is 0. The largest absolute Gasteiger partial charge is 0.329 e. The first-order valence-corrected chi connectivity index (χ1v) is 9.80. The summed E-state index contributed by atoms with van der Waals surface area (Å²) in [6, 6.07) is 20.0. The minimum absolute atomic E-state index is 0.676. The smallest absolute Gasteiger partial charge is 0.0212 e. The highest BCUT2D eigenvalue weighted by Crippen LogP contribution is 2.35. The third-order valence-electron chi connectivity index (χ3n) is 5.43. The molecule has 0 aliphatic rings. The van der Waals surface area contributed by atoms with Gasteiger partial charge >= 0.3 is 0 Å². The zero-order valence-corrected chi connectivity index (χ0v) is 15.7. The molecule has 0 fully saturated rings.